The minimum absolute atomic E-state index is 0.217. The van der Waals surface area contributed by atoms with Gasteiger partial charge in [0.2, 0.25) is 0 Å². The Kier molecular flexibility index (Phi) is 2.92. The maximum atomic E-state index is 6.34. The summed E-state index contributed by atoms with van der Waals surface area (Å²) in [7, 11) is 0. The van der Waals surface area contributed by atoms with Crippen LogP contribution in [0.5, 0.6) is 5.75 Å². The summed E-state index contributed by atoms with van der Waals surface area (Å²) in [4.78, 5) is 2.53. The summed E-state index contributed by atoms with van der Waals surface area (Å²) in [6.45, 7) is 1.10. The quantitative estimate of drug-likeness (QED) is 0.643. The van der Waals surface area contributed by atoms with Crippen molar-refractivity contribution >= 4 is 10.8 Å². The van der Waals surface area contributed by atoms with Crippen molar-refractivity contribution in [2.75, 3.05) is 6.54 Å². The molecule has 23 heavy (non-hydrogen) atoms. The normalized spacial score (nSPS) is 23.3. The second-order valence-electron chi connectivity index (χ2n) is 6.46. The number of nitrogens with zero attached hydrogens (tertiary/aromatic N) is 1. The predicted octanol–water partition coefficient (Wildman–Crippen LogP) is 4.74. The zero-order valence-electron chi connectivity index (χ0n) is 13.0. The molecule has 0 radical (unpaired) electrons. The molecule has 2 atom stereocenters. The van der Waals surface area contributed by atoms with E-state index in [1.165, 1.54) is 28.3 Å². The van der Waals surface area contributed by atoms with Gasteiger partial charge in [0.05, 0.1) is 6.04 Å². The number of rotatable bonds is 1. The maximum Gasteiger partial charge on any atom is 0.153 e. The second kappa shape index (κ2) is 5.10. The van der Waals surface area contributed by atoms with Crippen LogP contribution in [0, 0.1) is 0 Å². The van der Waals surface area contributed by atoms with E-state index in [9.17, 15) is 0 Å². The van der Waals surface area contributed by atoms with Gasteiger partial charge in [-0.25, -0.2) is 0 Å². The molecule has 2 heteroatoms. The van der Waals surface area contributed by atoms with Crippen LogP contribution in [0.3, 0.4) is 0 Å². The van der Waals surface area contributed by atoms with Gasteiger partial charge in [-0.3, -0.25) is 4.90 Å². The van der Waals surface area contributed by atoms with Crippen LogP contribution in [-0.2, 0) is 0 Å². The smallest absolute Gasteiger partial charge is 0.153 e. The standard InChI is InChI=1S/C21H19NO/c1-2-8-16(9-3-1)21-20-17-10-5-4-7-15(17)12-13-18(20)23-19-11-6-14-22(19)21/h1-5,7-10,12-13,19,21H,6,11,14H2/t19-,21+/m1/s1. The summed E-state index contributed by atoms with van der Waals surface area (Å²) in [5.74, 6) is 1.06. The molecule has 5 rings (SSSR count). The molecule has 2 nitrogen and oxygen atoms in total. The number of ether oxygens (including phenoxy) is 1. The van der Waals surface area contributed by atoms with Gasteiger partial charge in [0, 0.05) is 12.1 Å². The number of fused-ring (bicyclic) bond motifs is 4. The maximum absolute atomic E-state index is 6.34. The molecule has 0 saturated carbocycles. The molecule has 0 spiro atoms. The fourth-order valence-corrected chi connectivity index (χ4v) is 4.15. The highest BCUT2D eigenvalue weighted by molar-refractivity contribution is 5.89. The summed E-state index contributed by atoms with van der Waals surface area (Å²) >= 11 is 0. The van der Waals surface area contributed by atoms with Gasteiger partial charge in [-0.05, 0) is 35.2 Å². The molecule has 0 amide bonds. The lowest BCUT2D eigenvalue weighted by Gasteiger charge is -2.40. The Morgan fingerprint density at radius 3 is 2.61 bits per heavy atom. The van der Waals surface area contributed by atoms with Crippen molar-refractivity contribution in [1.82, 2.24) is 4.90 Å². The minimum Gasteiger partial charge on any atom is -0.475 e. The van der Waals surface area contributed by atoms with E-state index in [0.717, 1.165) is 18.7 Å². The Morgan fingerprint density at radius 2 is 1.70 bits per heavy atom. The first-order chi connectivity index (χ1) is 11.4. The van der Waals surface area contributed by atoms with Crippen LogP contribution in [0.1, 0.15) is 30.0 Å². The second-order valence-corrected chi connectivity index (χ2v) is 6.46. The van der Waals surface area contributed by atoms with E-state index in [2.05, 4.69) is 71.6 Å². The number of hydrogen-bond acceptors (Lipinski definition) is 2. The molecular formula is C21H19NO. The molecule has 114 valence electrons. The highest BCUT2D eigenvalue weighted by Gasteiger charge is 2.40. The summed E-state index contributed by atoms with van der Waals surface area (Å²) in [5, 5.41) is 2.60. The first-order valence-corrected chi connectivity index (χ1v) is 8.41. The number of benzene rings is 3. The Bertz CT molecular complexity index is 858. The van der Waals surface area contributed by atoms with Crippen LogP contribution in [0.25, 0.3) is 10.8 Å². The van der Waals surface area contributed by atoms with Crippen LogP contribution in [-0.4, -0.2) is 17.7 Å². The van der Waals surface area contributed by atoms with Crippen molar-refractivity contribution in [3.8, 4) is 5.75 Å². The topological polar surface area (TPSA) is 12.5 Å². The molecule has 3 aromatic carbocycles. The van der Waals surface area contributed by atoms with Crippen LogP contribution in [0.2, 0.25) is 0 Å². The van der Waals surface area contributed by atoms with Gasteiger partial charge in [0.1, 0.15) is 5.75 Å². The Labute approximate surface area is 136 Å². The average Bonchev–Trinajstić information content (AvgIpc) is 3.08. The molecule has 0 N–H and O–H groups in total. The van der Waals surface area contributed by atoms with Gasteiger partial charge in [0.15, 0.2) is 6.23 Å². The molecule has 0 aromatic heterocycles. The Balaban J connectivity index is 1.80. The van der Waals surface area contributed by atoms with Gasteiger partial charge >= 0.3 is 0 Å². The summed E-state index contributed by atoms with van der Waals surface area (Å²) in [6.07, 6.45) is 2.55. The van der Waals surface area contributed by atoms with Crippen molar-refractivity contribution in [3.05, 3.63) is 77.9 Å². The molecule has 0 bridgehead atoms. The van der Waals surface area contributed by atoms with Crippen molar-refractivity contribution in [2.24, 2.45) is 0 Å². The molecule has 1 fully saturated rings. The lowest BCUT2D eigenvalue weighted by Crippen LogP contribution is -2.41. The average molecular weight is 301 g/mol. The van der Waals surface area contributed by atoms with Crippen molar-refractivity contribution in [3.63, 3.8) is 0 Å². The van der Waals surface area contributed by atoms with Gasteiger partial charge < -0.3 is 4.74 Å². The van der Waals surface area contributed by atoms with Gasteiger partial charge in [0.25, 0.3) is 0 Å². The lowest BCUT2D eigenvalue weighted by molar-refractivity contribution is 0.0176. The van der Waals surface area contributed by atoms with E-state index in [-0.39, 0.29) is 6.23 Å². The fourth-order valence-electron chi connectivity index (χ4n) is 4.15. The lowest BCUT2D eigenvalue weighted by atomic mass is 9.90. The molecular weight excluding hydrogens is 282 g/mol. The van der Waals surface area contributed by atoms with Gasteiger partial charge in [-0.2, -0.15) is 0 Å². The molecule has 0 unspecified atom stereocenters. The van der Waals surface area contributed by atoms with E-state index in [0.29, 0.717) is 6.04 Å². The molecule has 0 aliphatic carbocycles. The van der Waals surface area contributed by atoms with Crippen LogP contribution in [0.15, 0.2) is 66.7 Å². The first-order valence-electron chi connectivity index (χ1n) is 8.41. The zero-order valence-corrected chi connectivity index (χ0v) is 13.0. The van der Waals surface area contributed by atoms with E-state index < -0.39 is 0 Å². The van der Waals surface area contributed by atoms with Crippen molar-refractivity contribution in [1.29, 1.82) is 0 Å². The molecule has 2 heterocycles. The highest BCUT2D eigenvalue weighted by atomic mass is 16.5. The monoisotopic (exact) mass is 301 g/mol. The third-order valence-electron chi connectivity index (χ3n) is 5.15. The van der Waals surface area contributed by atoms with Crippen LogP contribution < -0.4 is 4.74 Å². The third-order valence-corrected chi connectivity index (χ3v) is 5.15. The predicted molar refractivity (Wildman–Crippen MR) is 92.6 cm³/mol. The Morgan fingerprint density at radius 1 is 0.870 bits per heavy atom. The third kappa shape index (κ3) is 1.98. The number of hydrogen-bond donors (Lipinski definition) is 0. The minimum atomic E-state index is 0.217. The summed E-state index contributed by atoms with van der Waals surface area (Å²) in [6, 6.07) is 24.1. The molecule has 2 aliphatic heterocycles. The first kappa shape index (κ1) is 13.1. The fraction of sp³-hybridized carbons (Fsp3) is 0.238. The van der Waals surface area contributed by atoms with Crippen molar-refractivity contribution < 1.29 is 4.74 Å². The highest BCUT2D eigenvalue weighted by Crippen LogP contribution is 2.46. The zero-order chi connectivity index (χ0) is 15.2. The van der Waals surface area contributed by atoms with E-state index in [1.54, 1.807) is 0 Å². The SMILES string of the molecule is c1ccc([C@H]2c3c(ccc4ccccc34)O[C@@H]3CCCN23)cc1. The van der Waals surface area contributed by atoms with Crippen LogP contribution in [0.4, 0.5) is 0 Å². The Hall–Kier alpha value is -2.32. The summed E-state index contributed by atoms with van der Waals surface area (Å²) in [5.41, 5.74) is 2.69. The van der Waals surface area contributed by atoms with E-state index in [4.69, 9.17) is 4.74 Å². The molecule has 2 aliphatic rings. The van der Waals surface area contributed by atoms with Crippen LogP contribution >= 0.6 is 0 Å². The van der Waals surface area contributed by atoms with E-state index in [1.807, 2.05) is 0 Å². The molecule has 3 aromatic rings. The van der Waals surface area contributed by atoms with E-state index >= 15 is 0 Å². The largest absolute Gasteiger partial charge is 0.475 e. The molecule has 1 saturated heterocycles. The van der Waals surface area contributed by atoms with Gasteiger partial charge in [-0.1, -0.05) is 60.7 Å². The summed E-state index contributed by atoms with van der Waals surface area (Å²) < 4.78 is 6.34. The van der Waals surface area contributed by atoms with Gasteiger partial charge in [-0.15, -0.1) is 0 Å². The van der Waals surface area contributed by atoms with Crippen molar-refractivity contribution in [2.45, 2.75) is 25.1 Å².